The van der Waals surface area contributed by atoms with E-state index in [1.807, 2.05) is 0 Å². The molecule has 1 aliphatic rings. The number of piperidine rings is 1. The molecule has 8 nitrogen and oxygen atoms in total. The second-order valence-corrected chi connectivity index (χ2v) is 7.23. The Balaban J connectivity index is 1.70. The number of H-pyrrole nitrogens is 1. The largest absolute Gasteiger partial charge is 0.335 e. The summed E-state index contributed by atoms with van der Waals surface area (Å²) in [6, 6.07) is 5.23. The van der Waals surface area contributed by atoms with Crippen molar-refractivity contribution in [1.29, 1.82) is 0 Å². The molecule has 0 radical (unpaired) electrons. The van der Waals surface area contributed by atoms with E-state index in [0.717, 1.165) is 0 Å². The van der Waals surface area contributed by atoms with Crippen LogP contribution in [0, 0.1) is 5.92 Å². The fourth-order valence-corrected chi connectivity index (χ4v) is 3.98. The summed E-state index contributed by atoms with van der Waals surface area (Å²) in [7, 11) is -3.64. The van der Waals surface area contributed by atoms with Gasteiger partial charge >= 0.3 is 0 Å². The van der Waals surface area contributed by atoms with Crippen LogP contribution in [0.5, 0.6) is 0 Å². The summed E-state index contributed by atoms with van der Waals surface area (Å²) in [5, 5.41) is 2.77. The van der Waals surface area contributed by atoms with E-state index in [4.69, 9.17) is 0 Å². The van der Waals surface area contributed by atoms with Crippen LogP contribution in [0.4, 0.5) is 5.82 Å². The molecule has 1 saturated heterocycles. The van der Waals surface area contributed by atoms with Gasteiger partial charge in [-0.2, -0.15) is 4.31 Å². The Bertz CT molecular complexity index is 761. The standard InChI is InChI=1S/C14H17N5O3S/c20-14(18-12-5-1-2-6-16-12)11-4-3-7-19(9-11)23(21,22)13-8-15-10-17-13/h1-2,5-6,8,10-11H,3-4,7,9H2,(H,15,17)(H,16,18,20). The molecule has 9 heteroatoms. The third-order valence-electron chi connectivity index (χ3n) is 3.76. The summed E-state index contributed by atoms with van der Waals surface area (Å²) in [6.07, 6.45) is 5.46. The van der Waals surface area contributed by atoms with E-state index in [0.29, 0.717) is 25.2 Å². The maximum atomic E-state index is 12.5. The normalized spacial score (nSPS) is 19.4. The van der Waals surface area contributed by atoms with E-state index in [9.17, 15) is 13.2 Å². The van der Waals surface area contributed by atoms with Gasteiger partial charge in [0.1, 0.15) is 5.82 Å². The second kappa shape index (κ2) is 6.47. The maximum absolute atomic E-state index is 12.5. The average Bonchev–Trinajstić information content (AvgIpc) is 3.11. The van der Waals surface area contributed by atoms with Crippen molar-refractivity contribution in [3.63, 3.8) is 0 Å². The molecule has 1 aliphatic heterocycles. The third-order valence-corrected chi connectivity index (χ3v) is 5.55. The monoisotopic (exact) mass is 335 g/mol. The summed E-state index contributed by atoms with van der Waals surface area (Å²) in [5.74, 6) is -0.150. The summed E-state index contributed by atoms with van der Waals surface area (Å²) in [6.45, 7) is 0.550. The SMILES string of the molecule is O=C(Nc1ccccn1)C1CCCN(S(=O)(=O)c2cnc[nH]2)C1. The van der Waals surface area contributed by atoms with Crippen molar-refractivity contribution >= 4 is 21.7 Å². The Kier molecular flexibility index (Phi) is 4.39. The molecular formula is C14H17N5O3S. The van der Waals surface area contributed by atoms with Gasteiger partial charge in [-0.25, -0.2) is 18.4 Å². The second-order valence-electron chi connectivity index (χ2n) is 5.32. The predicted octanol–water partition coefficient (Wildman–Crippen LogP) is 0.844. The number of hydrogen-bond acceptors (Lipinski definition) is 5. The Morgan fingerprint density at radius 2 is 2.26 bits per heavy atom. The smallest absolute Gasteiger partial charge is 0.260 e. The van der Waals surface area contributed by atoms with Gasteiger partial charge in [0, 0.05) is 19.3 Å². The lowest BCUT2D eigenvalue weighted by atomic mass is 9.99. The fourth-order valence-electron chi connectivity index (χ4n) is 2.56. The maximum Gasteiger partial charge on any atom is 0.260 e. The van der Waals surface area contributed by atoms with Crippen LogP contribution in [0.1, 0.15) is 12.8 Å². The first-order valence-corrected chi connectivity index (χ1v) is 8.72. The number of sulfonamides is 1. The van der Waals surface area contributed by atoms with Crippen molar-refractivity contribution in [2.75, 3.05) is 18.4 Å². The number of hydrogen-bond donors (Lipinski definition) is 2. The highest BCUT2D eigenvalue weighted by Crippen LogP contribution is 2.23. The first kappa shape index (κ1) is 15.6. The average molecular weight is 335 g/mol. The van der Waals surface area contributed by atoms with E-state index < -0.39 is 15.9 Å². The first-order valence-electron chi connectivity index (χ1n) is 7.28. The number of imidazole rings is 1. The van der Waals surface area contributed by atoms with E-state index in [2.05, 4.69) is 20.3 Å². The van der Waals surface area contributed by atoms with Crippen LogP contribution < -0.4 is 5.32 Å². The van der Waals surface area contributed by atoms with Crippen LogP contribution in [0.25, 0.3) is 0 Å². The van der Waals surface area contributed by atoms with Crippen LogP contribution in [0.2, 0.25) is 0 Å². The van der Waals surface area contributed by atoms with Crippen molar-refractivity contribution < 1.29 is 13.2 Å². The lowest BCUT2D eigenvalue weighted by molar-refractivity contribution is -0.120. The number of aromatic amines is 1. The van der Waals surface area contributed by atoms with Gasteiger partial charge in [-0.1, -0.05) is 6.07 Å². The molecule has 0 spiro atoms. The summed E-state index contributed by atoms with van der Waals surface area (Å²) in [5.41, 5.74) is 0. The van der Waals surface area contributed by atoms with Crippen LogP contribution in [-0.2, 0) is 14.8 Å². The molecule has 1 fully saturated rings. The number of pyridine rings is 1. The van der Waals surface area contributed by atoms with E-state index >= 15 is 0 Å². The predicted molar refractivity (Wildman–Crippen MR) is 82.9 cm³/mol. The van der Waals surface area contributed by atoms with Gasteiger partial charge < -0.3 is 10.3 Å². The number of anilines is 1. The summed E-state index contributed by atoms with van der Waals surface area (Å²) >= 11 is 0. The number of carbonyl (C=O) groups is 1. The van der Waals surface area contributed by atoms with Crippen LogP contribution in [0.3, 0.4) is 0 Å². The molecule has 0 aromatic carbocycles. The first-order chi connectivity index (χ1) is 11.1. The van der Waals surface area contributed by atoms with Crippen LogP contribution in [0.15, 0.2) is 41.9 Å². The Morgan fingerprint density at radius 1 is 1.39 bits per heavy atom. The molecule has 3 heterocycles. The molecule has 2 aromatic rings. The minimum absolute atomic E-state index is 0.0447. The van der Waals surface area contributed by atoms with Gasteiger partial charge in [0.25, 0.3) is 10.0 Å². The number of nitrogens with one attached hydrogen (secondary N) is 2. The zero-order chi connectivity index (χ0) is 16.3. The molecule has 0 saturated carbocycles. The molecular weight excluding hydrogens is 318 g/mol. The molecule has 0 bridgehead atoms. The Hall–Kier alpha value is -2.26. The zero-order valence-corrected chi connectivity index (χ0v) is 13.2. The Labute approximate surface area is 134 Å². The minimum Gasteiger partial charge on any atom is -0.335 e. The van der Waals surface area contributed by atoms with Crippen molar-refractivity contribution in [2.24, 2.45) is 5.92 Å². The van der Waals surface area contributed by atoms with Crippen molar-refractivity contribution in [3.8, 4) is 0 Å². The molecule has 122 valence electrons. The lowest BCUT2D eigenvalue weighted by Gasteiger charge is -2.30. The minimum atomic E-state index is -3.64. The van der Waals surface area contributed by atoms with E-state index in [1.54, 1.807) is 24.4 Å². The number of nitrogens with zero attached hydrogens (tertiary/aromatic N) is 3. The quantitative estimate of drug-likeness (QED) is 0.861. The van der Waals surface area contributed by atoms with Gasteiger partial charge in [0.2, 0.25) is 5.91 Å². The molecule has 23 heavy (non-hydrogen) atoms. The molecule has 1 unspecified atom stereocenters. The van der Waals surface area contributed by atoms with Crippen molar-refractivity contribution in [2.45, 2.75) is 17.9 Å². The highest BCUT2D eigenvalue weighted by atomic mass is 32.2. The van der Waals surface area contributed by atoms with Crippen molar-refractivity contribution in [3.05, 3.63) is 36.9 Å². The van der Waals surface area contributed by atoms with Gasteiger partial charge in [0.05, 0.1) is 18.4 Å². The number of aromatic nitrogens is 3. The number of amides is 1. The molecule has 3 rings (SSSR count). The van der Waals surface area contributed by atoms with Gasteiger partial charge in [-0.15, -0.1) is 0 Å². The van der Waals surface area contributed by atoms with Crippen LogP contribution >= 0.6 is 0 Å². The summed E-state index contributed by atoms with van der Waals surface area (Å²) in [4.78, 5) is 22.7. The lowest BCUT2D eigenvalue weighted by Crippen LogP contribution is -2.43. The van der Waals surface area contributed by atoms with Crippen molar-refractivity contribution in [1.82, 2.24) is 19.3 Å². The Morgan fingerprint density at radius 3 is 2.96 bits per heavy atom. The van der Waals surface area contributed by atoms with Gasteiger partial charge in [0.15, 0.2) is 5.03 Å². The van der Waals surface area contributed by atoms with E-state index in [-0.39, 0.29) is 17.5 Å². The molecule has 1 atom stereocenters. The number of rotatable bonds is 4. The summed E-state index contributed by atoms with van der Waals surface area (Å²) < 4.78 is 26.3. The fraction of sp³-hybridized carbons (Fsp3) is 0.357. The zero-order valence-electron chi connectivity index (χ0n) is 12.3. The third kappa shape index (κ3) is 3.40. The number of carbonyl (C=O) groups excluding carboxylic acids is 1. The van der Waals surface area contributed by atoms with Crippen LogP contribution in [-0.4, -0.2) is 46.7 Å². The molecule has 2 aromatic heterocycles. The van der Waals surface area contributed by atoms with E-state index in [1.165, 1.54) is 16.8 Å². The van der Waals surface area contributed by atoms with Gasteiger partial charge in [-0.05, 0) is 25.0 Å². The molecule has 2 N–H and O–H groups in total. The molecule has 1 amide bonds. The molecule has 0 aliphatic carbocycles. The van der Waals surface area contributed by atoms with Gasteiger partial charge in [-0.3, -0.25) is 4.79 Å². The highest BCUT2D eigenvalue weighted by Gasteiger charge is 2.34. The highest BCUT2D eigenvalue weighted by molar-refractivity contribution is 7.89. The topological polar surface area (TPSA) is 108 Å².